The summed E-state index contributed by atoms with van der Waals surface area (Å²) in [6.07, 6.45) is 1.01. The highest BCUT2D eigenvalue weighted by Crippen LogP contribution is 2.35. The summed E-state index contributed by atoms with van der Waals surface area (Å²) in [7, 11) is 0.524. The normalized spacial score (nSPS) is 17.3. The van der Waals surface area contributed by atoms with E-state index in [1.165, 1.54) is 49.1 Å². The minimum absolute atomic E-state index is 0.00866. The zero-order valence-electron chi connectivity index (χ0n) is 19.7. The van der Waals surface area contributed by atoms with E-state index in [1.54, 1.807) is 16.7 Å². The van der Waals surface area contributed by atoms with Gasteiger partial charge in [0, 0.05) is 13.1 Å². The molecule has 1 aromatic carbocycles. The number of esters is 1. The van der Waals surface area contributed by atoms with Crippen molar-refractivity contribution in [3.8, 4) is 11.5 Å². The average molecular weight is 574 g/mol. The van der Waals surface area contributed by atoms with E-state index in [9.17, 15) is 18.0 Å². The summed E-state index contributed by atoms with van der Waals surface area (Å²) in [5.74, 6) is -0.623. The minimum atomic E-state index is -3.77. The Balaban J connectivity index is 1.73. The second-order valence-electron chi connectivity index (χ2n) is 7.91. The lowest BCUT2D eigenvalue weighted by atomic mass is 9.99. The van der Waals surface area contributed by atoms with Crippen molar-refractivity contribution in [3.63, 3.8) is 0 Å². The molecular formula is C22H24ClN3O7S3. The molecule has 1 aliphatic heterocycles. The number of hydrogen-bond donors (Lipinski definition) is 0. The van der Waals surface area contributed by atoms with Gasteiger partial charge in [0.25, 0.3) is 15.9 Å². The van der Waals surface area contributed by atoms with Crippen LogP contribution < -0.4 is 14.3 Å². The van der Waals surface area contributed by atoms with Crippen LogP contribution in [-0.2, 0) is 30.9 Å². The van der Waals surface area contributed by atoms with Gasteiger partial charge in [-0.3, -0.25) is 9.59 Å². The number of hydrogen-bond acceptors (Lipinski definition) is 9. The van der Waals surface area contributed by atoms with Crippen molar-refractivity contribution in [1.29, 1.82) is 0 Å². The molecule has 2 aromatic heterocycles. The maximum Gasteiger partial charge on any atom is 0.325 e. The van der Waals surface area contributed by atoms with E-state index in [2.05, 4.69) is 4.99 Å². The van der Waals surface area contributed by atoms with Gasteiger partial charge in [-0.25, -0.2) is 8.42 Å². The molecule has 4 rings (SSSR count). The van der Waals surface area contributed by atoms with Crippen LogP contribution >= 0.6 is 34.3 Å². The van der Waals surface area contributed by atoms with Crippen molar-refractivity contribution in [2.75, 3.05) is 34.4 Å². The van der Waals surface area contributed by atoms with Gasteiger partial charge in [-0.1, -0.05) is 22.9 Å². The van der Waals surface area contributed by atoms with Gasteiger partial charge in [0.1, 0.15) is 32.5 Å². The van der Waals surface area contributed by atoms with Crippen LogP contribution in [0.15, 0.2) is 33.5 Å². The first kappa shape index (κ1) is 26.6. The summed E-state index contributed by atoms with van der Waals surface area (Å²) in [6, 6.07) is 6.43. The Labute approximate surface area is 220 Å². The molecule has 1 atom stereocenters. The van der Waals surface area contributed by atoms with E-state index >= 15 is 0 Å². The van der Waals surface area contributed by atoms with Crippen molar-refractivity contribution in [3.05, 3.63) is 33.4 Å². The first-order valence-electron chi connectivity index (χ1n) is 10.8. The number of carbonyl (C=O) groups is 2. The Morgan fingerprint density at radius 3 is 2.47 bits per heavy atom. The molecule has 3 aromatic rings. The molecule has 0 radical (unpaired) electrons. The SMILES string of the molecule is COC(=O)Cn1c(=NC(=O)C2CCCN(S(=O)(=O)c3ccc(Cl)s3)C2)sc2c(OC)ccc(OC)c21. The molecule has 1 aliphatic rings. The number of piperidine rings is 1. The number of nitrogens with zero attached hydrogens (tertiary/aromatic N) is 3. The lowest BCUT2D eigenvalue weighted by Crippen LogP contribution is -2.42. The van der Waals surface area contributed by atoms with Gasteiger partial charge in [-0.05, 0) is 37.1 Å². The van der Waals surface area contributed by atoms with E-state index in [0.29, 0.717) is 45.4 Å². The molecule has 14 heteroatoms. The van der Waals surface area contributed by atoms with Crippen LogP contribution in [0.25, 0.3) is 10.2 Å². The first-order chi connectivity index (χ1) is 17.2. The van der Waals surface area contributed by atoms with Gasteiger partial charge >= 0.3 is 5.97 Å². The van der Waals surface area contributed by atoms with Crippen molar-refractivity contribution < 1.29 is 32.2 Å². The van der Waals surface area contributed by atoms with Crippen LogP contribution in [0.1, 0.15) is 12.8 Å². The maximum atomic E-state index is 13.3. The summed E-state index contributed by atoms with van der Waals surface area (Å²) < 4.78 is 45.9. The third kappa shape index (κ3) is 5.16. The quantitative estimate of drug-likeness (QED) is 0.399. The van der Waals surface area contributed by atoms with Crippen LogP contribution in [0.4, 0.5) is 0 Å². The zero-order chi connectivity index (χ0) is 26.0. The molecular weight excluding hydrogens is 550 g/mol. The van der Waals surface area contributed by atoms with Crippen LogP contribution in [0, 0.1) is 5.92 Å². The van der Waals surface area contributed by atoms with Gasteiger partial charge in [0.2, 0.25) is 0 Å². The van der Waals surface area contributed by atoms with E-state index in [0.717, 1.165) is 11.3 Å². The molecule has 10 nitrogen and oxygen atoms in total. The van der Waals surface area contributed by atoms with Crippen molar-refractivity contribution in [2.24, 2.45) is 10.9 Å². The number of rotatable bonds is 7. The number of methoxy groups -OCH3 is 3. The summed E-state index contributed by atoms with van der Waals surface area (Å²) >= 11 is 8.08. The summed E-state index contributed by atoms with van der Waals surface area (Å²) in [6.45, 7) is 0.117. The molecule has 3 heterocycles. The number of fused-ring (bicyclic) bond motifs is 1. The van der Waals surface area contributed by atoms with Gasteiger partial charge in [-0.15, -0.1) is 11.3 Å². The molecule has 0 N–H and O–H groups in total. The van der Waals surface area contributed by atoms with Gasteiger partial charge in [0.15, 0.2) is 4.80 Å². The second-order valence-corrected chi connectivity index (χ2v) is 12.8. The molecule has 1 amide bonds. The number of thiazole rings is 1. The van der Waals surface area contributed by atoms with Crippen LogP contribution in [0.3, 0.4) is 0 Å². The highest BCUT2D eigenvalue weighted by atomic mass is 35.5. The zero-order valence-corrected chi connectivity index (χ0v) is 22.9. The number of carbonyl (C=O) groups excluding carboxylic acids is 2. The third-order valence-corrected chi connectivity index (χ3v) is 10.4. The molecule has 0 spiro atoms. The van der Waals surface area contributed by atoms with E-state index in [-0.39, 0.29) is 22.1 Å². The highest BCUT2D eigenvalue weighted by Gasteiger charge is 2.34. The minimum Gasteiger partial charge on any atom is -0.495 e. The molecule has 1 saturated heterocycles. The van der Waals surface area contributed by atoms with E-state index in [4.69, 9.17) is 25.8 Å². The molecule has 1 fully saturated rings. The van der Waals surface area contributed by atoms with Crippen molar-refractivity contribution in [1.82, 2.24) is 8.87 Å². The van der Waals surface area contributed by atoms with E-state index < -0.39 is 27.8 Å². The Hall–Kier alpha value is -2.45. The highest BCUT2D eigenvalue weighted by molar-refractivity contribution is 7.91. The predicted octanol–water partition coefficient (Wildman–Crippen LogP) is 3.14. The first-order valence-corrected chi connectivity index (χ1v) is 14.3. The summed E-state index contributed by atoms with van der Waals surface area (Å²) in [5, 5.41) is 0. The number of thiophene rings is 1. The number of halogens is 1. The van der Waals surface area contributed by atoms with Gasteiger partial charge in [-0.2, -0.15) is 9.30 Å². The fourth-order valence-corrected chi connectivity index (χ4v) is 8.30. The smallest absolute Gasteiger partial charge is 0.325 e. The molecule has 0 aliphatic carbocycles. The predicted molar refractivity (Wildman–Crippen MR) is 136 cm³/mol. The Morgan fingerprint density at radius 1 is 1.11 bits per heavy atom. The molecule has 0 saturated carbocycles. The van der Waals surface area contributed by atoms with Crippen LogP contribution in [0.5, 0.6) is 11.5 Å². The molecule has 36 heavy (non-hydrogen) atoms. The largest absolute Gasteiger partial charge is 0.495 e. The lowest BCUT2D eigenvalue weighted by molar-refractivity contribution is -0.141. The second kappa shape index (κ2) is 10.9. The third-order valence-electron chi connectivity index (χ3n) is 5.79. The van der Waals surface area contributed by atoms with Crippen LogP contribution in [0.2, 0.25) is 4.34 Å². The number of amides is 1. The van der Waals surface area contributed by atoms with Crippen molar-refractivity contribution in [2.45, 2.75) is 23.6 Å². The molecule has 194 valence electrons. The van der Waals surface area contributed by atoms with Gasteiger partial charge in [0.05, 0.1) is 31.6 Å². The lowest BCUT2D eigenvalue weighted by Gasteiger charge is -2.29. The number of ether oxygens (including phenoxy) is 3. The Kier molecular flexibility index (Phi) is 8.05. The summed E-state index contributed by atoms with van der Waals surface area (Å²) in [5.41, 5.74) is 0.543. The number of benzene rings is 1. The standard InChI is InChI=1S/C22H24ClN3O7S3/c1-31-14-6-7-15(32-2)20-19(14)26(12-17(27)33-3)22(35-20)24-21(28)13-5-4-10-25(11-13)36(29,30)18-9-8-16(23)34-18/h6-9,13H,4-5,10-12H2,1-3H3. The molecule has 0 bridgehead atoms. The Morgan fingerprint density at radius 2 is 1.83 bits per heavy atom. The van der Waals surface area contributed by atoms with Gasteiger partial charge < -0.3 is 18.8 Å². The fourth-order valence-electron chi connectivity index (χ4n) is 3.99. The molecule has 1 unspecified atom stereocenters. The fraction of sp³-hybridized carbons (Fsp3) is 0.409. The number of aromatic nitrogens is 1. The van der Waals surface area contributed by atoms with Crippen molar-refractivity contribution >= 4 is 66.4 Å². The van der Waals surface area contributed by atoms with E-state index in [1.807, 2.05) is 0 Å². The number of sulfonamides is 1. The summed E-state index contributed by atoms with van der Waals surface area (Å²) in [4.78, 5) is 30.1. The van der Waals surface area contributed by atoms with Crippen LogP contribution in [-0.4, -0.2) is 63.6 Å². The Bertz CT molecular complexity index is 1480. The topological polar surface area (TPSA) is 116 Å². The average Bonchev–Trinajstić information content (AvgIpc) is 3.47. The monoisotopic (exact) mass is 573 g/mol. The maximum absolute atomic E-state index is 13.3.